The zero-order chi connectivity index (χ0) is 13.5. The molecule has 7 nitrogen and oxygen atoms in total. The molecule has 0 saturated heterocycles. The highest BCUT2D eigenvalue weighted by molar-refractivity contribution is 5.77. The molecule has 0 saturated carbocycles. The van der Waals surface area contributed by atoms with Crippen molar-refractivity contribution in [1.29, 1.82) is 0 Å². The topological polar surface area (TPSA) is 103 Å². The van der Waals surface area contributed by atoms with E-state index in [0.29, 0.717) is 11.7 Å². The van der Waals surface area contributed by atoms with E-state index < -0.39 is 0 Å². The maximum absolute atomic E-state index is 11.0. The van der Waals surface area contributed by atoms with Gasteiger partial charge in [0, 0.05) is 0 Å². The lowest BCUT2D eigenvalue weighted by Gasteiger charge is -2.01. The Bertz CT molecular complexity index is 527. The molecule has 1 heterocycles. The van der Waals surface area contributed by atoms with Gasteiger partial charge in [0.15, 0.2) is 6.61 Å². The normalized spacial score (nSPS) is 10.2. The number of hydrogen-bond donors (Lipinski definition) is 2. The zero-order valence-electron chi connectivity index (χ0n) is 10.2. The predicted octanol–water partition coefficient (Wildman–Crippen LogP) is 0.223. The van der Waals surface area contributed by atoms with E-state index in [9.17, 15) is 4.79 Å². The van der Waals surface area contributed by atoms with Gasteiger partial charge in [-0.2, -0.15) is 4.98 Å². The highest BCUT2D eigenvalue weighted by Gasteiger charge is 2.07. The Balaban J connectivity index is 1.82. The second kappa shape index (κ2) is 6.50. The van der Waals surface area contributed by atoms with Gasteiger partial charge >= 0.3 is 0 Å². The fourth-order valence-corrected chi connectivity index (χ4v) is 1.33. The quantitative estimate of drug-likeness (QED) is 0.772. The van der Waals surface area contributed by atoms with Gasteiger partial charge in [-0.15, -0.1) is 0 Å². The number of aromatic nitrogens is 2. The minimum atomic E-state index is -0.278. The van der Waals surface area contributed by atoms with E-state index in [-0.39, 0.29) is 25.6 Å². The van der Waals surface area contributed by atoms with Gasteiger partial charge in [-0.3, -0.25) is 4.79 Å². The smallest absolute Gasteiger partial charge is 0.246 e. The molecule has 0 bridgehead atoms. The van der Waals surface area contributed by atoms with E-state index in [2.05, 4.69) is 15.5 Å². The van der Waals surface area contributed by atoms with Crippen molar-refractivity contribution >= 4 is 5.91 Å². The van der Waals surface area contributed by atoms with E-state index in [1.165, 1.54) is 0 Å². The van der Waals surface area contributed by atoms with Crippen molar-refractivity contribution in [2.45, 2.75) is 13.2 Å². The van der Waals surface area contributed by atoms with Gasteiger partial charge in [0.25, 0.3) is 0 Å². The number of para-hydroxylation sites is 1. The highest BCUT2D eigenvalue weighted by Crippen LogP contribution is 2.10. The number of carbonyl (C=O) groups is 1. The van der Waals surface area contributed by atoms with Crippen molar-refractivity contribution in [3.8, 4) is 5.75 Å². The maximum atomic E-state index is 11.0. The highest BCUT2D eigenvalue weighted by atomic mass is 16.5. The van der Waals surface area contributed by atoms with Gasteiger partial charge in [0.05, 0.1) is 13.1 Å². The molecule has 0 aliphatic heterocycles. The van der Waals surface area contributed by atoms with Crippen molar-refractivity contribution in [3.05, 3.63) is 42.0 Å². The zero-order valence-corrected chi connectivity index (χ0v) is 10.2. The van der Waals surface area contributed by atoms with Crippen LogP contribution in [0.25, 0.3) is 0 Å². The van der Waals surface area contributed by atoms with Crippen LogP contribution in [0.1, 0.15) is 11.7 Å². The second-order valence-electron chi connectivity index (χ2n) is 3.69. The van der Waals surface area contributed by atoms with E-state index in [1.54, 1.807) is 0 Å². The van der Waals surface area contributed by atoms with Crippen LogP contribution in [0.5, 0.6) is 5.75 Å². The second-order valence-corrected chi connectivity index (χ2v) is 3.69. The van der Waals surface area contributed by atoms with Crippen molar-refractivity contribution in [1.82, 2.24) is 15.5 Å². The number of carbonyl (C=O) groups excluding carboxylic acids is 1. The lowest BCUT2D eigenvalue weighted by Crippen LogP contribution is -2.29. The Morgan fingerprint density at radius 1 is 1.37 bits per heavy atom. The SMILES string of the molecule is NCC(=O)NCc1nc(COc2ccccc2)no1. The molecule has 2 rings (SSSR count). The molecular weight excluding hydrogens is 248 g/mol. The minimum Gasteiger partial charge on any atom is -0.485 e. The summed E-state index contributed by atoms with van der Waals surface area (Å²) in [6.07, 6.45) is 0. The van der Waals surface area contributed by atoms with E-state index in [0.717, 1.165) is 5.75 Å². The minimum absolute atomic E-state index is 0.0713. The number of ether oxygens (including phenoxy) is 1. The van der Waals surface area contributed by atoms with Gasteiger partial charge < -0.3 is 20.3 Å². The van der Waals surface area contributed by atoms with Crippen LogP contribution in [0.3, 0.4) is 0 Å². The molecule has 1 aromatic heterocycles. The summed E-state index contributed by atoms with van der Waals surface area (Å²) in [5.74, 6) is 1.18. The Labute approximate surface area is 109 Å². The average molecular weight is 262 g/mol. The van der Waals surface area contributed by atoms with Crippen LogP contribution >= 0.6 is 0 Å². The Morgan fingerprint density at radius 2 is 2.16 bits per heavy atom. The lowest BCUT2D eigenvalue weighted by molar-refractivity contribution is -0.120. The van der Waals surface area contributed by atoms with Gasteiger partial charge in [-0.05, 0) is 12.1 Å². The first-order chi connectivity index (χ1) is 9.28. The molecule has 3 N–H and O–H groups in total. The first-order valence-corrected chi connectivity index (χ1v) is 5.74. The third-order valence-corrected chi connectivity index (χ3v) is 2.24. The maximum Gasteiger partial charge on any atom is 0.246 e. The van der Waals surface area contributed by atoms with Crippen LogP contribution < -0.4 is 15.8 Å². The molecule has 1 amide bonds. The number of benzene rings is 1. The molecule has 19 heavy (non-hydrogen) atoms. The monoisotopic (exact) mass is 262 g/mol. The predicted molar refractivity (Wildman–Crippen MR) is 66.0 cm³/mol. The molecule has 0 spiro atoms. The number of nitrogens with two attached hydrogens (primary N) is 1. The summed E-state index contributed by atoms with van der Waals surface area (Å²) in [5.41, 5.74) is 5.15. The van der Waals surface area contributed by atoms with Crippen molar-refractivity contribution in [3.63, 3.8) is 0 Å². The van der Waals surface area contributed by atoms with Gasteiger partial charge in [0.2, 0.25) is 17.6 Å². The average Bonchev–Trinajstić information content (AvgIpc) is 2.91. The Kier molecular flexibility index (Phi) is 4.46. The summed E-state index contributed by atoms with van der Waals surface area (Å²) in [6, 6.07) is 9.32. The number of nitrogens with one attached hydrogen (secondary N) is 1. The Morgan fingerprint density at radius 3 is 2.89 bits per heavy atom. The molecule has 0 aliphatic rings. The van der Waals surface area contributed by atoms with Crippen LogP contribution in [-0.2, 0) is 17.9 Å². The molecule has 100 valence electrons. The van der Waals surface area contributed by atoms with Crippen molar-refractivity contribution < 1.29 is 14.1 Å². The molecule has 0 aliphatic carbocycles. The van der Waals surface area contributed by atoms with Gasteiger partial charge in [0.1, 0.15) is 5.75 Å². The summed E-state index contributed by atoms with van der Waals surface area (Å²) in [4.78, 5) is 15.0. The summed E-state index contributed by atoms with van der Waals surface area (Å²) in [6.45, 7) is 0.296. The summed E-state index contributed by atoms with van der Waals surface area (Å²) < 4.78 is 10.4. The number of hydrogen-bond acceptors (Lipinski definition) is 6. The molecule has 0 fully saturated rings. The standard InChI is InChI=1S/C12H14N4O3/c13-6-11(17)14-7-12-15-10(16-19-12)8-18-9-4-2-1-3-5-9/h1-5H,6-8,13H2,(H,14,17). The number of rotatable bonds is 6. The molecule has 7 heteroatoms. The first kappa shape index (κ1) is 13.0. The van der Waals surface area contributed by atoms with E-state index in [1.807, 2.05) is 30.3 Å². The van der Waals surface area contributed by atoms with E-state index >= 15 is 0 Å². The third kappa shape index (κ3) is 4.07. The fraction of sp³-hybridized carbons (Fsp3) is 0.250. The van der Waals surface area contributed by atoms with Crippen LogP contribution in [-0.4, -0.2) is 22.6 Å². The van der Waals surface area contributed by atoms with Crippen LogP contribution in [0, 0.1) is 0 Å². The molecular formula is C12H14N4O3. The molecule has 0 unspecified atom stereocenters. The Hall–Kier alpha value is -2.41. The third-order valence-electron chi connectivity index (χ3n) is 2.24. The fourth-order valence-electron chi connectivity index (χ4n) is 1.33. The molecule has 0 atom stereocenters. The van der Waals surface area contributed by atoms with Gasteiger partial charge in [-0.1, -0.05) is 23.4 Å². The van der Waals surface area contributed by atoms with Crippen molar-refractivity contribution in [2.75, 3.05) is 6.54 Å². The lowest BCUT2D eigenvalue weighted by atomic mass is 10.3. The van der Waals surface area contributed by atoms with Crippen LogP contribution in [0.15, 0.2) is 34.9 Å². The number of nitrogens with zero attached hydrogens (tertiary/aromatic N) is 2. The molecule has 1 aromatic carbocycles. The summed E-state index contributed by atoms with van der Waals surface area (Å²) >= 11 is 0. The van der Waals surface area contributed by atoms with E-state index in [4.69, 9.17) is 15.0 Å². The van der Waals surface area contributed by atoms with Crippen LogP contribution in [0.4, 0.5) is 0 Å². The molecule has 0 radical (unpaired) electrons. The first-order valence-electron chi connectivity index (χ1n) is 5.74. The largest absolute Gasteiger partial charge is 0.485 e. The van der Waals surface area contributed by atoms with Crippen LogP contribution in [0.2, 0.25) is 0 Å². The van der Waals surface area contributed by atoms with Gasteiger partial charge in [-0.25, -0.2) is 0 Å². The summed E-state index contributed by atoms with van der Waals surface area (Å²) in [7, 11) is 0. The number of amides is 1. The summed E-state index contributed by atoms with van der Waals surface area (Å²) in [5, 5.41) is 6.28. The molecule has 2 aromatic rings. The van der Waals surface area contributed by atoms with Crippen molar-refractivity contribution in [2.24, 2.45) is 5.73 Å².